The van der Waals surface area contributed by atoms with Gasteiger partial charge in [0.05, 0.1) is 6.07 Å². The van der Waals surface area contributed by atoms with Crippen LogP contribution in [0.1, 0.15) is 6.92 Å². The Bertz CT molecular complexity index is 94.6. The van der Waals surface area contributed by atoms with Crippen molar-refractivity contribution in [3.05, 3.63) is 11.9 Å². The van der Waals surface area contributed by atoms with Crippen LogP contribution in [0.3, 0.4) is 0 Å². The summed E-state index contributed by atoms with van der Waals surface area (Å²) in [6, 6.07) is 1.53. The van der Waals surface area contributed by atoms with Crippen LogP contribution in [0.4, 0.5) is 4.39 Å². The highest BCUT2D eigenvalue weighted by atomic mass is 19.1. The van der Waals surface area contributed by atoms with Gasteiger partial charge in [-0.25, -0.2) is 4.39 Å². The fraction of sp³-hybridized carbons (Fsp3) is 0.250. The molecule has 0 aliphatic rings. The Balaban J connectivity index is 3.51. The Morgan fingerprint density at radius 1 is 2.00 bits per heavy atom. The van der Waals surface area contributed by atoms with Gasteiger partial charge in [-0.2, -0.15) is 5.26 Å². The zero-order chi connectivity index (χ0) is 4.99. The van der Waals surface area contributed by atoms with Crippen molar-refractivity contribution in [2.45, 2.75) is 6.92 Å². The number of hydrogen-bond donors (Lipinski definition) is 0. The minimum absolute atomic E-state index is 0.447. The van der Waals surface area contributed by atoms with E-state index in [9.17, 15) is 4.39 Å². The predicted molar refractivity (Wildman–Crippen MR) is 20.5 cm³/mol. The van der Waals surface area contributed by atoms with Crippen molar-refractivity contribution >= 4 is 0 Å². The monoisotopic (exact) mass is 85.0 g/mol. The quantitative estimate of drug-likeness (QED) is 0.407. The van der Waals surface area contributed by atoms with E-state index in [1.807, 2.05) is 0 Å². The topological polar surface area (TPSA) is 23.8 Å². The second-order valence-corrected chi connectivity index (χ2v) is 0.860. The summed E-state index contributed by atoms with van der Waals surface area (Å²) in [7, 11) is 0. The first kappa shape index (κ1) is 5.16. The zero-order valence-electron chi connectivity index (χ0n) is 3.40. The van der Waals surface area contributed by atoms with Crippen LogP contribution in [0.5, 0.6) is 0 Å². The smallest absolute Gasteiger partial charge is 0.107 e. The number of nitriles is 1. The minimum atomic E-state index is -0.447. The fourth-order valence-corrected chi connectivity index (χ4v) is 0.0889. The molecular weight excluding hydrogens is 81.0 g/mol. The summed E-state index contributed by atoms with van der Waals surface area (Å²) in [6.45, 7) is 1.23. The number of nitrogens with zero attached hydrogens (tertiary/aromatic N) is 1. The van der Waals surface area contributed by atoms with E-state index in [1.54, 1.807) is 0 Å². The van der Waals surface area contributed by atoms with Gasteiger partial charge in [-0.15, -0.1) is 0 Å². The maximum atomic E-state index is 11.3. The van der Waals surface area contributed by atoms with Crippen molar-refractivity contribution in [3.8, 4) is 6.07 Å². The molecule has 1 nitrogen and oxygen atoms in total. The number of allylic oxidation sites excluding steroid dienone is 2. The number of hydrogen-bond acceptors (Lipinski definition) is 1. The van der Waals surface area contributed by atoms with E-state index in [2.05, 4.69) is 0 Å². The summed E-state index contributed by atoms with van der Waals surface area (Å²) >= 11 is 0. The summed E-state index contributed by atoms with van der Waals surface area (Å²) in [5, 5.41) is 7.67. The van der Waals surface area contributed by atoms with E-state index in [0.29, 0.717) is 0 Å². The first-order chi connectivity index (χ1) is 2.77. The minimum Gasteiger partial charge on any atom is -0.211 e. The molecule has 0 bridgehead atoms. The molecule has 0 fully saturated rings. The van der Waals surface area contributed by atoms with Gasteiger partial charge in [0.15, 0.2) is 0 Å². The Morgan fingerprint density at radius 3 is 2.50 bits per heavy atom. The van der Waals surface area contributed by atoms with Gasteiger partial charge in [-0.1, -0.05) is 0 Å². The standard InChI is InChI=1S/C4H4FN/c1-4(5)2-3-6/h2H,1H3. The molecule has 0 aliphatic carbocycles. The summed E-state index contributed by atoms with van der Waals surface area (Å²) in [5.74, 6) is -0.447. The Kier molecular flexibility index (Phi) is 2.06. The molecular formula is C4H4FN. The highest BCUT2D eigenvalue weighted by Gasteiger charge is 1.72. The molecule has 0 aromatic heterocycles. The maximum absolute atomic E-state index is 11.3. The molecule has 0 aromatic rings. The normalized spacial score (nSPS) is 10.5. The van der Waals surface area contributed by atoms with Crippen LogP contribution in [0.25, 0.3) is 0 Å². The maximum Gasteiger partial charge on any atom is 0.107 e. The van der Waals surface area contributed by atoms with E-state index in [0.717, 1.165) is 6.08 Å². The third-order valence-electron chi connectivity index (χ3n) is 0.263. The molecule has 0 N–H and O–H groups in total. The fourth-order valence-electron chi connectivity index (χ4n) is 0.0889. The van der Waals surface area contributed by atoms with Crippen molar-refractivity contribution in [1.82, 2.24) is 0 Å². The van der Waals surface area contributed by atoms with Gasteiger partial charge in [0.1, 0.15) is 5.83 Å². The van der Waals surface area contributed by atoms with E-state index in [4.69, 9.17) is 5.26 Å². The van der Waals surface area contributed by atoms with E-state index in [-0.39, 0.29) is 0 Å². The molecule has 0 saturated heterocycles. The molecule has 32 valence electrons. The van der Waals surface area contributed by atoms with Crippen molar-refractivity contribution in [3.63, 3.8) is 0 Å². The van der Waals surface area contributed by atoms with Crippen molar-refractivity contribution in [2.75, 3.05) is 0 Å². The lowest BCUT2D eigenvalue weighted by molar-refractivity contribution is 0.641. The number of halogens is 1. The van der Waals surface area contributed by atoms with E-state index >= 15 is 0 Å². The summed E-state index contributed by atoms with van der Waals surface area (Å²) in [5.41, 5.74) is 0. The lowest BCUT2D eigenvalue weighted by Gasteiger charge is -1.66. The summed E-state index contributed by atoms with van der Waals surface area (Å²) in [6.07, 6.45) is 0.847. The highest BCUT2D eigenvalue weighted by Crippen LogP contribution is 1.87. The lowest BCUT2D eigenvalue weighted by atomic mass is 10.5. The average Bonchev–Trinajstić information content (AvgIpc) is 1.35. The van der Waals surface area contributed by atoms with Gasteiger partial charge in [-0.3, -0.25) is 0 Å². The molecule has 0 atom stereocenters. The van der Waals surface area contributed by atoms with Crippen LogP contribution >= 0.6 is 0 Å². The third-order valence-corrected chi connectivity index (χ3v) is 0.263. The van der Waals surface area contributed by atoms with Gasteiger partial charge >= 0.3 is 0 Å². The van der Waals surface area contributed by atoms with Crippen LogP contribution in [0.15, 0.2) is 11.9 Å². The van der Waals surface area contributed by atoms with Gasteiger partial charge in [0.25, 0.3) is 0 Å². The third kappa shape index (κ3) is 3.16. The Hall–Kier alpha value is -0.840. The zero-order valence-corrected chi connectivity index (χ0v) is 3.40. The van der Waals surface area contributed by atoms with Gasteiger partial charge < -0.3 is 0 Å². The largest absolute Gasteiger partial charge is 0.211 e. The molecule has 0 saturated carbocycles. The molecule has 0 heterocycles. The predicted octanol–water partition coefficient (Wildman–Crippen LogP) is 1.38. The Morgan fingerprint density at radius 2 is 2.50 bits per heavy atom. The van der Waals surface area contributed by atoms with Crippen LogP contribution < -0.4 is 0 Å². The SMILES string of the molecule is CC(F)=CC#N. The molecule has 0 aromatic carbocycles. The first-order valence-corrected chi connectivity index (χ1v) is 1.49. The van der Waals surface area contributed by atoms with Gasteiger partial charge in [0.2, 0.25) is 0 Å². The Labute approximate surface area is 35.7 Å². The van der Waals surface area contributed by atoms with Crippen molar-refractivity contribution in [2.24, 2.45) is 0 Å². The van der Waals surface area contributed by atoms with Crippen molar-refractivity contribution < 1.29 is 4.39 Å². The van der Waals surface area contributed by atoms with Crippen molar-refractivity contribution in [1.29, 1.82) is 5.26 Å². The number of rotatable bonds is 0. The molecule has 0 rings (SSSR count). The lowest BCUT2D eigenvalue weighted by Crippen LogP contribution is -1.52. The van der Waals surface area contributed by atoms with Crippen LogP contribution in [-0.4, -0.2) is 0 Å². The van der Waals surface area contributed by atoms with Crippen LogP contribution in [-0.2, 0) is 0 Å². The summed E-state index contributed by atoms with van der Waals surface area (Å²) < 4.78 is 11.3. The first-order valence-electron chi connectivity index (χ1n) is 1.49. The molecule has 0 spiro atoms. The molecule has 6 heavy (non-hydrogen) atoms. The van der Waals surface area contributed by atoms with E-state index < -0.39 is 5.83 Å². The van der Waals surface area contributed by atoms with Gasteiger partial charge in [0, 0.05) is 6.08 Å². The second-order valence-electron chi connectivity index (χ2n) is 0.860. The molecule has 0 unspecified atom stereocenters. The average molecular weight is 85.1 g/mol. The molecule has 0 radical (unpaired) electrons. The molecule has 0 amide bonds. The van der Waals surface area contributed by atoms with Crippen LogP contribution in [0, 0.1) is 11.3 Å². The highest BCUT2D eigenvalue weighted by molar-refractivity contribution is 5.04. The second kappa shape index (κ2) is 2.40. The summed E-state index contributed by atoms with van der Waals surface area (Å²) in [4.78, 5) is 0. The molecule has 0 aliphatic heterocycles. The van der Waals surface area contributed by atoms with E-state index in [1.165, 1.54) is 13.0 Å². The van der Waals surface area contributed by atoms with Gasteiger partial charge in [-0.05, 0) is 6.92 Å². The molecule has 2 heteroatoms. The van der Waals surface area contributed by atoms with Crippen LogP contribution in [0.2, 0.25) is 0 Å².